The highest BCUT2D eigenvalue weighted by Gasteiger charge is 2.34. The molecule has 7 heteroatoms. The van der Waals surface area contributed by atoms with E-state index in [1.165, 1.54) is 11.8 Å². The monoisotopic (exact) mass is 413 g/mol. The summed E-state index contributed by atoms with van der Waals surface area (Å²) in [6.07, 6.45) is 2.60. The number of carbonyl (C=O) groups excluding carboxylic acids is 2. The Balaban J connectivity index is 1.61. The van der Waals surface area contributed by atoms with E-state index in [0.29, 0.717) is 6.42 Å². The number of fused-ring (bicyclic) bond motifs is 1. The van der Waals surface area contributed by atoms with E-state index in [9.17, 15) is 9.59 Å². The van der Waals surface area contributed by atoms with Gasteiger partial charge in [-0.1, -0.05) is 30.0 Å². The maximum absolute atomic E-state index is 12.9. The lowest BCUT2D eigenvalue weighted by Crippen LogP contribution is -2.43. The van der Waals surface area contributed by atoms with E-state index in [0.717, 1.165) is 39.8 Å². The summed E-state index contributed by atoms with van der Waals surface area (Å²) in [7, 11) is 0. The highest BCUT2D eigenvalue weighted by Crippen LogP contribution is 2.32. The average molecular weight is 414 g/mol. The van der Waals surface area contributed by atoms with Gasteiger partial charge in [-0.15, -0.1) is 0 Å². The second-order valence-electron chi connectivity index (χ2n) is 7.38. The summed E-state index contributed by atoms with van der Waals surface area (Å²) >= 11 is 1.49. The standard InChI is InChI=1S/C22H27N3O3S/c1-13-12-17-8-6-7-9-19(17)25(13)21(27)16(4)28-20(26)11-10-18-14(2)23-22(29-5)24-15(18)3/h6-9,13,16H,10-12H2,1-5H3. The molecule has 1 aromatic heterocycles. The van der Waals surface area contributed by atoms with E-state index in [2.05, 4.69) is 9.97 Å². The topological polar surface area (TPSA) is 72.4 Å². The van der Waals surface area contributed by atoms with Crippen molar-refractivity contribution in [2.45, 2.75) is 64.3 Å². The quantitative estimate of drug-likeness (QED) is 0.409. The van der Waals surface area contributed by atoms with Gasteiger partial charge in [0.2, 0.25) is 0 Å². The molecule has 0 saturated carbocycles. The molecule has 6 nitrogen and oxygen atoms in total. The van der Waals surface area contributed by atoms with Gasteiger partial charge in [0.05, 0.1) is 0 Å². The van der Waals surface area contributed by atoms with Crippen molar-refractivity contribution >= 4 is 29.3 Å². The Morgan fingerprint density at radius 2 is 1.90 bits per heavy atom. The van der Waals surface area contributed by atoms with Crippen molar-refractivity contribution in [1.82, 2.24) is 9.97 Å². The zero-order valence-electron chi connectivity index (χ0n) is 17.6. The van der Waals surface area contributed by atoms with Crippen LogP contribution in [0.15, 0.2) is 29.4 Å². The second-order valence-corrected chi connectivity index (χ2v) is 8.16. The summed E-state index contributed by atoms with van der Waals surface area (Å²) in [6.45, 7) is 7.50. The fourth-order valence-electron chi connectivity index (χ4n) is 3.79. The first-order chi connectivity index (χ1) is 13.8. The molecule has 1 aromatic carbocycles. The van der Waals surface area contributed by atoms with Crippen LogP contribution >= 0.6 is 11.8 Å². The molecule has 0 spiro atoms. The van der Waals surface area contributed by atoms with Crippen molar-refractivity contribution in [3.8, 4) is 0 Å². The number of para-hydroxylation sites is 1. The number of aromatic nitrogens is 2. The summed E-state index contributed by atoms with van der Waals surface area (Å²) in [6, 6.07) is 7.92. The lowest BCUT2D eigenvalue weighted by atomic mass is 10.1. The number of hydrogen-bond donors (Lipinski definition) is 0. The molecule has 154 valence electrons. The Hall–Kier alpha value is -2.41. The third-order valence-corrected chi connectivity index (χ3v) is 5.81. The molecular weight excluding hydrogens is 386 g/mol. The molecule has 2 heterocycles. The van der Waals surface area contributed by atoms with Crippen molar-refractivity contribution in [1.29, 1.82) is 0 Å². The van der Waals surface area contributed by atoms with Crippen LogP contribution in [0.5, 0.6) is 0 Å². The minimum atomic E-state index is -0.826. The predicted octanol–water partition coefficient (Wildman–Crippen LogP) is 3.66. The van der Waals surface area contributed by atoms with E-state index in [4.69, 9.17) is 4.74 Å². The van der Waals surface area contributed by atoms with Gasteiger partial charge in [-0.3, -0.25) is 9.59 Å². The first kappa shape index (κ1) is 21.3. The Kier molecular flexibility index (Phi) is 6.57. The summed E-state index contributed by atoms with van der Waals surface area (Å²) in [5.41, 5.74) is 4.76. The van der Waals surface area contributed by atoms with Gasteiger partial charge >= 0.3 is 5.97 Å². The van der Waals surface area contributed by atoms with Gasteiger partial charge in [0, 0.05) is 29.5 Å². The van der Waals surface area contributed by atoms with E-state index >= 15 is 0 Å². The number of esters is 1. The third-order valence-electron chi connectivity index (χ3n) is 5.26. The Morgan fingerprint density at radius 1 is 1.24 bits per heavy atom. The van der Waals surface area contributed by atoms with Crippen LogP contribution in [0.1, 0.15) is 42.8 Å². The fourth-order valence-corrected chi connectivity index (χ4v) is 4.25. The fraction of sp³-hybridized carbons (Fsp3) is 0.455. The molecule has 2 unspecified atom stereocenters. The molecule has 1 aliphatic heterocycles. The highest BCUT2D eigenvalue weighted by atomic mass is 32.2. The van der Waals surface area contributed by atoms with E-state index in [1.54, 1.807) is 11.8 Å². The van der Waals surface area contributed by atoms with Crippen molar-refractivity contribution in [3.63, 3.8) is 0 Å². The van der Waals surface area contributed by atoms with Crippen LogP contribution in [-0.4, -0.2) is 40.2 Å². The number of thioether (sulfide) groups is 1. The maximum atomic E-state index is 12.9. The molecular formula is C22H27N3O3S. The zero-order chi connectivity index (χ0) is 21.1. The SMILES string of the molecule is CSc1nc(C)c(CCC(=O)OC(C)C(=O)N2c3ccccc3CC2C)c(C)n1. The molecule has 0 aliphatic carbocycles. The first-order valence-electron chi connectivity index (χ1n) is 9.80. The number of carbonyl (C=O) groups is 2. The van der Waals surface area contributed by atoms with Crippen LogP contribution in [0, 0.1) is 13.8 Å². The van der Waals surface area contributed by atoms with Crippen LogP contribution < -0.4 is 4.90 Å². The van der Waals surface area contributed by atoms with Gasteiger partial charge in [0.1, 0.15) is 0 Å². The summed E-state index contributed by atoms with van der Waals surface area (Å²) < 4.78 is 5.46. The lowest BCUT2D eigenvalue weighted by molar-refractivity contribution is -0.154. The minimum absolute atomic E-state index is 0.0541. The predicted molar refractivity (Wildman–Crippen MR) is 114 cm³/mol. The molecule has 0 saturated heterocycles. The number of ether oxygens (including phenoxy) is 1. The van der Waals surface area contributed by atoms with Gasteiger partial charge < -0.3 is 9.64 Å². The van der Waals surface area contributed by atoms with Crippen molar-refractivity contribution < 1.29 is 14.3 Å². The normalized spacial score (nSPS) is 16.4. The van der Waals surface area contributed by atoms with Gasteiger partial charge in [-0.2, -0.15) is 0 Å². The number of benzene rings is 1. The van der Waals surface area contributed by atoms with E-state index in [-0.39, 0.29) is 18.4 Å². The van der Waals surface area contributed by atoms with Crippen molar-refractivity contribution in [2.75, 3.05) is 11.2 Å². The van der Waals surface area contributed by atoms with E-state index < -0.39 is 12.1 Å². The summed E-state index contributed by atoms with van der Waals surface area (Å²) in [5.74, 6) is -0.574. The molecule has 0 fully saturated rings. The largest absolute Gasteiger partial charge is 0.453 e. The molecule has 1 amide bonds. The van der Waals surface area contributed by atoms with Crippen LogP contribution in [-0.2, 0) is 27.2 Å². The maximum Gasteiger partial charge on any atom is 0.306 e. The van der Waals surface area contributed by atoms with Gasteiger partial charge in [0.25, 0.3) is 5.91 Å². The Labute approximate surface area is 176 Å². The molecule has 0 N–H and O–H groups in total. The smallest absolute Gasteiger partial charge is 0.306 e. The van der Waals surface area contributed by atoms with Crippen molar-refractivity contribution in [3.05, 3.63) is 46.8 Å². The molecule has 1 aliphatic rings. The second kappa shape index (κ2) is 8.95. The minimum Gasteiger partial charge on any atom is -0.453 e. The van der Waals surface area contributed by atoms with Crippen LogP contribution in [0.3, 0.4) is 0 Å². The van der Waals surface area contributed by atoms with E-state index in [1.807, 2.05) is 51.3 Å². The van der Waals surface area contributed by atoms with Gasteiger partial charge in [-0.05, 0) is 64.0 Å². The molecule has 2 aromatic rings. The Morgan fingerprint density at radius 3 is 2.55 bits per heavy atom. The molecule has 0 bridgehead atoms. The van der Waals surface area contributed by atoms with Crippen LogP contribution in [0.2, 0.25) is 0 Å². The van der Waals surface area contributed by atoms with Crippen LogP contribution in [0.25, 0.3) is 0 Å². The Bertz CT molecular complexity index is 908. The van der Waals surface area contributed by atoms with Gasteiger partial charge in [-0.25, -0.2) is 9.97 Å². The van der Waals surface area contributed by atoms with Gasteiger partial charge in [0.15, 0.2) is 11.3 Å². The number of anilines is 1. The summed E-state index contributed by atoms with van der Waals surface area (Å²) in [5, 5.41) is 0.727. The molecule has 0 radical (unpaired) electrons. The average Bonchev–Trinajstić information content (AvgIpc) is 3.02. The molecule has 2 atom stereocenters. The number of hydrogen-bond acceptors (Lipinski definition) is 6. The number of nitrogens with zero attached hydrogens (tertiary/aromatic N) is 3. The highest BCUT2D eigenvalue weighted by molar-refractivity contribution is 7.98. The van der Waals surface area contributed by atoms with Crippen LogP contribution in [0.4, 0.5) is 5.69 Å². The third kappa shape index (κ3) is 4.61. The number of rotatable bonds is 6. The summed E-state index contributed by atoms with van der Waals surface area (Å²) in [4.78, 5) is 35.9. The first-order valence-corrected chi connectivity index (χ1v) is 11.0. The number of amides is 1. The molecule has 29 heavy (non-hydrogen) atoms. The number of aryl methyl sites for hydroxylation is 2. The molecule has 3 rings (SSSR count). The zero-order valence-corrected chi connectivity index (χ0v) is 18.4. The van der Waals surface area contributed by atoms with Crippen molar-refractivity contribution in [2.24, 2.45) is 0 Å². The lowest BCUT2D eigenvalue weighted by Gasteiger charge is -2.26.